The molecule has 0 atom stereocenters. The molecule has 0 spiro atoms. The standard InChI is InChI=1S/C14H15FN2S2/c1-2-17(9-11-4-3-7-19-11)13-6-5-10(15)8-12(13)14(16)18/h3-8H,2,9H2,1H3,(H2,16,18). The summed E-state index contributed by atoms with van der Waals surface area (Å²) in [4.78, 5) is 3.61. The number of thiocarbonyl (C=S) groups is 1. The zero-order valence-corrected chi connectivity index (χ0v) is 12.2. The van der Waals surface area contributed by atoms with Gasteiger partial charge in [0, 0.05) is 22.7 Å². The molecule has 1 aromatic heterocycles. The van der Waals surface area contributed by atoms with Crippen LogP contribution in [-0.4, -0.2) is 11.5 Å². The van der Waals surface area contributed by atoms with Crippen LogP contribution in [0.5, 0.6) is 0 Å². The maximum Gasteiger partial charge on any atom is 0.124 e. The van der Waals surface area contributed by atoms with Gasteiger partial charge in [-0.05, 0) is 36.6 Å². The predicted molar refractivity (Wildman–Crippen MR) is 83.3 cm³/mol. The van der Waals surface area contributed by atoms with Crippen molar-refractivity contribution < 1.29 is 4.39 Å². The van der Waals surface area contributed by atoms with Gasteiger partial charge < -0.3 is 10.6 Å². The molecule has 1 heterocycles. The van der Waals surface area contributed by atoms with Crippen molar-refractivity contribution in [2.24, 2.45) is 5.73 Å². The lowest BCUT2D eigenvalue weighted by molar-refractivity contribution is 0.627. The van der Waals surface area contributed by atoms with Gasteiger partial charge in [-0.15, -0.1) is 11.3 Å². The molecule has 0 unspecified atom stereocenters. The van der Waals surface area contributed by atoms with Crippen molar-refractivity contribution in [1.82, 2.24) is 0 Å². The zero-order chi connectivity index (χ0) is 13.8. The second kappa shape index (κ2) is 6.12. The van der Waals surface area contributed by atoms with Crippen molar-refractivity contribution >= 4 is 34.2 Å². The first-order valence-electron chi connectivity index (χ1n) is 5.98. The zero-order valence-electron chi connectivity index (χ0n) is 10.6. The lowest BCUT2D eigenvalue weighted by atomic mass is 10.1. The van der Waals surface area contributed by atoms with Gasteiger partial charge in [0.05, 0.1) is 6.54 Å². The molecule has 0 amide bonds. The van der Waals surface area contributed by atoms with Crippen molar-refractivity contribution in [2.75, 3.05) is 11.4 Å². The molecule has 0 saturated heterocycles. The molecule has 0 aliphatic carbocycles. The number of halogens is 1. The lowest BCUT2D eigenvalue weighted by Crippen LogP contribution is -2.25. The van der Waals surface area contributed by atoms with E-state index in [0.29, 0.717) is 5.56 Å². The van der Waals surface area contributed by atoms with Crippen molar-refractivity contribution in [3.63, 3.8) is 0 Å². The first-order chi connectivity index (χ1) is 9.11. The smallest absolute Gasteiger partial charge is 0.124 e. The quantitative estimate of drug-likeness (QED) is 0.855. The average molecular weight is 294 g/mol. The van der Waals surface area contributed by atoms with Crippen LogP contribution in [0.15, 0.2) is 35.7 Å². The molecule has 0 saturated carbocycles. The topological polar surface area (TPSA) is 29.3 Å². The number of hydrogen-bond acceptors (Lipinski definition) is 3. The SMILES string of the molecule is CCN(Cc1cccs1)c1ccc(F)cc1C(N)=S. The first kappa shape index (κ1) is 14.0. The summed E-state index contributed by atoms with van der Waals surface area (Å²) in [5.74, 6) is -0.321. The molecule has 2 aromatic rings. The largest absolute Gasteiger partial charge is 0.389 e. The molecule has 0 fully saturated rings. The normalized spacial score (nSPS) is 10.4. The Hall–Kier alpha value is -1.46. The van der Waals surface area contributed by atoms with Gasteiger partial charge in [-0.2, -0.15) is 0 Å². The monoisotopic (exact) mass is 294 g/mol. The number of anilines is 1. The minimum Gasteiger partial charge on any atom is -0.389 e. The van der Waals surface area contributed by atoms with Crippen LogP contribution in [0.1, 0.15) is 17.4 Å². The van der Waals surface area contributed by atoms with Crippen LogP contribution >= 0.6 is 23.6 Å². The average Bonchev–Trinajstić information content (AvgIpc) is 2.89. The Morgan fingerprint density at radius 1 is 1.42 bits per heavy atom. The third-order valence-corrected chi connectivity index (χ3v) is 3.95. The van der Waals surface area contributed by atoms with Gasteiger partial charge in [0.25, 0.3) is 0 Å². The Morgan fingerprint density at radius 2 is 2.21 bits per heavy atom. The Kier molecular flexibility index (Phi) is 4.50. The molecule has 100 valence electrons. The van der Waals surface area contributed by atoms with Gasteiger partial charge in [-0.25, -0.2) is 4.39 Å². The maximum absolute atomic E-state index is 13.3. The van der Waals surface area contributed by atoms with Crippen LogP contribution in [0.2, 0.25) is 0 Å². The molecule has 0 radical (unpaired) electrons. The minimum absolute atomic E-state index is 0.221. The second-order valence-corrected chi connectivity index (χ2v) is 5.59. The number of benzene rings is 1. The number of hydrogen-bond donors (Lipinski definition) is 1. The van der Waals surface area contributed by atoms with Crippen LogP contribution in [0.4, 0.5) is 10.1 Å². The molecule has 2 nitrogen and oxygen atoms in total. The third kappa shape index (κ3) is 3.30. The van der Waals surface area contributed by atoms with Crippen molar-refractivity contribution in [2.45, 2.75) is 13.5 Å². The molecular weight excluding hydrogens is 279 g/mol. The van der Waals surface area contributed by atoms with Gasteiger partial charge in [-0.3, -0.25) is 0 Å². The van der Waals surface area contributed by atoms with Crippen LogP contribution in [0, 0.1) is 5.82 Å². The van der Waals surface area contributed by atoms with Crippen molar-refractivity contribution in [3.05, 3.63) is 52.0 Å². The summed E-state index contributed by atoms with van der Waals surface area (Å²) in [6.45, 7) is 3.63. The molecule has 19 heavy (non-hydrogen) atoms. The van der Waals surface area contributed by atoms with E-state index >= 15 is 0 Å². The molecule has 2 N–H and O–H groups in total. The molecule has 0 aliphatic rings. The van der Waals surface area contributed by atoms with E-state index in [1.165, 1.54) is 17.0 Å². The summed E-state index contributed by atoms with van der Waals surface area (Å²) in [5.41, 5.74) is 7.16. The van der Waals surface area contributed by atoms with E-state index in [4.69, 9.17) is 18.0 Å². The highest BCUT2D eigenvalue weighted by Crippen LogP contribution is 2.24. The van der Waals surface area contributed by atoms with E-state index in [0.717, 1.165) is 18.8 Å². The Labute approximate surface area is 121 Å². The van der Waals surface area contributed by atoms with Crippen LogP contribution < -0.4 is 10.6 Å². The highest BCUT2D eigenvalue weighted by Gasteiger charge is 2.13. The predicted octanol–water partition coefficient (Wildman–Crippen LogP) is 3.55. The Balaban J connectivity index is 2.35. The van der Waals surface area contributed by atoms with E-state index < -0.39 is 0 Å². The second-order valence-electron chi connectivity index (χ2n) is 4.12. The first-order valence-corrected chi connectivity index (χ1v) is 7.27. The van der Waals surface area contributed by atoms with E-state index in [1.807, 2.05) is 11.4 Å². The third-order valence-electron chi connectivity index (χ3n) is 2.87. The van der Waals surface area contributed by atoms with E-state index in [1.54, 1.807) is 17.4 Å². The minimum atomic E-state index is -0.321. The highest BCUT2D eigenvalue weighted by atomic mass is 32.1. The molecule has 2 rings (SSSR count). The fourth-order valence-corrected chi connectivity index (χ4v) is 2.82. The highest BCUT2D eigenvalue weighted by molar-refractivity contribution is 7.80. The fourth-order valence-electron chi connectivity index (χ4n) is 1.94. The fraction of sp³-hybridized carbons (Fsp3) is 0.214. The Morgan fingerprint density at radius 3 is 2.79 bits per heavy atom. The summed E-state index contributed by atoms with van der Waals surface area (Å²) >= 11 is 6.71. The van der Waals surface area contributed by atoms with Gasteiger partial charge in [-0.1, -0.05) is 18.3 Å². The summed E-state index contributed by atoms with van der Waals surface area (Å²) in [5, 5.41) is 2.04. The van der Waals surface area contributed by atoms with Crippen molar-refractivity contribution in [1.29, 1.82) is 0 Å². The van der Waals surface area contributed by atoms with Gasteiger partial charge in [0.15, 0.2) is 0 Å². The van der Waals surface area contributed by atoms with E-state index in [9.17, 15) is 4.39 Å². The van der Waals surface area contributed by atoms with E-state index in [-0.39, 0.29) is 10.8 Å². The number of rotatable bonds is 5. The summed E-state index contributed by atoms with van der Waals surface area (Å²) < 4.78 is 13.3. The lowest BCUT2D eigenvalue weighted by Gasteiger charge is -2.25. The molecule has 0 aliphatic heterocycles. The number of nitrogens with two attached hydrogens (primary N) is 1. The molecule has 1 aromatic carbocycles. The summed E-state index contributed by atoms with van der Waals surface area (Å²) in [6.07, 6.45) is 0. The maximum atomic E-state index is 13.3. The summed E-state index contributed by atoms with van der Waals surface area (Å²) in [7, 11) is 0. The molecular formula is C14H15FN2S2. The Bertz CT molecular complexity index is 567. The number of thiophene rings is 1. The number of nitrogens with zero attached hydrogens (tertiary/aromatic N) is 1. The van der Waals surface area contributed by atoms with Crippen LogP contribution in [-0.2, 0) is 6.54 Å². The van der Waals surface area contributed by atoms with Gasteiger partial charge in [0.1, 0.15) is 10.8 Å². The van der Waals surface area contributed by atoms with Crippen LogP contribution in [0.3, 0.4) is 0 Å². The van der Waals surface area contributed by atoms with Crippen LogP contribution in [0.25, 0.3) is 0 Å². The van der Waals surface area contributed by atoms with Crippen molar-refractivity contribution in [3.8, 4) is 0 Å². The van der Waals surface area contributed by atoms with Gasteiger partial charge >= 0.3 is 0 Å². The molecule has 5 heteroatoms. The molecule has 0 bridgehead atoms. The van der Waals surface area contributed by atoms with E-state index in [2.05, 4.69) is 17.9 Å². The summed E-state index contributed by atoms with van der Waals surface area (Å²) in [6, 6.07) is 8.67. The van der Waals surface area contributed by atoms with Gasteiger partial charge in [0.2, 0.25) is 0 Å².